The van der Waals surface area contributed by atoms with Crippen LogP contribution in [-0.2, 0) is 4.79 Å². The predicted molar refractivity (Wildman–Crippen MR) is 73.9 cm³/mol. The zero-order valence-electron chi connectivity index (χ0n) is 11.9. The van der Waals surface area contributed by atoms with Crippen LogP contribution in [0.3, 0.4) is 0 Å². The van der Waals surface area contributed by atoms with Crippen LogP contribution >= 0.6 is 0 Å². The van der Waals surface area contributed by atoms with Crippen molar-refractivity contribution in [2.24, 2.45) is 5.92 Å². The molecule has 1 amide bonds. The highest BCUT2D eigenvalue weighted by atomic mass is 16.5. The molecule has 0 saturated heterocycles. The summed E-state index contributed by atoms with van der Waals surface area (Å²) in [6, 6.07) is 5.95. The van der Waals surface area contributed by atoms with Crippen LogP contribution in [0.5, 0.6) is 5.75 Å². The van der Waals surface area contributed by atoms with Crippen LogP contribution in [0.1, 0.15) is 31.9 Å². The first-order valence-electron chi connectivity index (χ1n) is 6.41. The Bertz CT molecular complexity index is 413. The van der Waals surface area contributed by atoms with Crippen LogP contribution in [0.4, 0.5) is 0 Å². The quantitative estimate of drug-likeness (QED) is 0.871. The third-order valence-corrected chi connectivity index (χ3v) is 2.69. The van der Waals surface area contributed by atoms with Gasteiger partial charge in [0.1, 0.15) is 5.75 Å². The number of nitrogens with one attached hydrogen (secondary N) is 1. The van der Waals surface area contributed by atoms with Crippen molar-refractivity contribution < 1.29 is 9.53 Å². The second-order valence-corrected chi connectivity index (χ2v) is 5.17. The Morgan fingerprint density at radius 2 is 1.94 bits per heavy atom. The smallest absolute Gasteiger partial charge is 0.260 e. The van der Waals surface area contributed by atoms with Gasteiger partial charge >= 0.3 is 0 Å². The topological polar surface area (TPSA) is 38.3 Å². The molecule has 0 aliphatic rings. The maximum Gasteiger partial charge on any atom is 0.260 e. The van der Waals surface area contributed by atoms with E-state index in [0.29, 0.717) is 12.5 Å². The molecule has 0 unspecified atom stereocenters. The Kier molecular flexibility index (Phi) is 5.20. The van der Waals surface area contributed by atoms with Crippen molar-refractivity contribution in [2.75, 3.05) is 6.54 Å². The van der Waals surface area contributed by atoms with E-state index >= 15 is 0 Å². The Morgan fingerprint density at radius 3 is 2.50 bits per heavy atom. The fraction of sp³-hybridized carbons (Fsp3) is 0.533. The standard InChI is InChI=1S/C15H23NO2/c1-10(2)9-16-15(17)13(5)18-14-7-6-11(3)8-12(14)4/h6-8,10,13H,9H2,1-5H3,(H,16,17)/t13-/m0/s1. The summed E-state index contributed by atoms with van der Waals surface area (Å²) in [6.07, 6.45) is -0.467. The van der Waals surface area contributed by atoms with E-state index in [4.69, 9.17) is 4.74 Å². The zero-order valence-corrected chi connectivity index (χ0v) is 11.9. The Balaban J connectivity index is 2.58. The van der Waals surface area contributed by atoms with E-state index in [-0.39, 0.29) is 5.91 Å². The summed E-state index contributed by atoms with van der Waals surface area (Å²) in [4.78, 5) is 11.8. The molecule has 1 atom stereocenters. The number of carbonyl (C=O) groups excluding carboxylic acids is 1. The van der Waals surface area contributed by atoms with Gasteiger partial charge < -0.3 is 10.1 Å². The molecule has 3 heteroatoms. The van der Waals surface area contributed by atoms with E-state index in [1.54, 1.807) is 6.92 Å². The third-order valence-electron chi connectivity index (χ3n) is 2.69. The lowest BCUT2D eigenvalue weighted by atomic mass is 10.1. The van der Waals surface area contributed by atoms with Gasteiger partial charge in [0.2, 0.25) is 0 Å². The minimum Gasteiger partial charge on any atom is -0.481 e. The highest BCUT2D eigenvalue weighted by Crippen LogP contribution is 2.19. The molecule has 1 aromatic carbocycles. The number of ether oxygens (including phenoxy) is 1. The fourth-order valence-corrected chi connectivity index (χ4v) is 1.62. The maximum absolute atomic E-state index is 11.8. The lowest BCUT2D eigenvalue weighted by Gasteiger charge is -2.17. The molecule has 100 valence electrons. The van der Waals surface area contributed by atoms with Crippen LogP contribution in [0.25, 0.3) is 0 Å². The van der Waals surface area contributed by atoms with E-state index in [0.717, 1.165) is 11.3 Å². The third kappa shape index (κ3) is 4.40. The molecule has 0 aliphatic carbocycles. The Labute approximate surface area is 110 Å². The van der Waals surface area contributed by atoms with Crippen LogP contribution in [0.2, 0.25) is 0 Å². The van der Waals surface area contributed by atoms with Gasteiger partial charge in [-0.15, -0.1) is 0 Å². The summed E-state index contributed by atoms with van der Waals surface area (Å²) >= 11 is 0. The first-order chi connectivity index (χ1) is 8.40. The largest absolute Gasteiger partial charge is 0.481 e. The normalized spacial score (nSPS) is 12.3. The monoisotopic (exact) mass is 249 g/mol. The van der Waals surface area contributed by atoms with Crippen molar-refractivity contribution in [3.8, 4) is 5.75 Å². The summed E-state index contributed by atoms with van der Waals surface area (Å²) in [5, 5.41) is 2.87. The van der Waals surface area contributed by atoms with Crippen LogP contribution in [0, 0.1) is 19.8 Å². The molecule has 1 aromatic rings. The van der Waals surface area contributed by atoms with E-state index in [1.807, 2.05) is 32.0 Å². The Morgan fingerprint density at radius 1 is 1.28 bits per heavy atom. The zero-order chi connectivity index (χ0) is 13.7. The summed E-state index contributed by atoms with van der Waals surface area (Å²) in [7, 11) is 0. The predicted octanol–water partition coefficient (Wildman–Crippen LogP) is 2.84. The molecule has 0 bridgehead atoms. The lowest BCUT2D eigenvalue weighted by molar-refractivity contribution is -0.127. The van der Waals surface area contributed by atoms with Gasteiger partial charge in [-0.05, 0) is 38.3 Å². The minimum atomic E-state index is -0.467. The van der Waals surface area contributed by atoms with Gasteiger partial charge in [-0.25, -0.2) is 0 Å². The van der Waals surface area contributed by atoms with Crippen LogP contribution < -0.4 is 10.1 Å². The average molecular weight is 249 g/mol. The Hall–Kier alpha value is -1.51. The molecule has 0 spiro atoms. The van der Waals surface area contributed by atoms with Crippen molar-refractivity contribution in [1.82, 2.24) is 5.32 Å². The fourth-order valence-electron chi connectivity index (χ4n) is 1.62. The molecule has 0 aliphatic heterocycles. The number of carbonyl (C=O) groups is 1. The number of aryl methyl sites for hydroxylation is 2. The van der Waals surface area contributed by atoms with Gasteiger partial charge in [0.05, 0.1) is 0 Å². The number of hydrogen-bond acceptors (Lipinski definition) is 2. The SMILES string of the molecule is Cc1ccc(O[C@@H](C)C(=O)NCC(C)C)c(C)c1. The van der Waals surface area contributed by atoms with E-state index < -0.39 is 6.10 Å². The van der Waals surface area contributed by atoms with Gasteiger partial charge in [-0.1, -0.05) is 31.5 Å². The molecule has 0 radical (unpaired) electrons. The summed E-state index contributed by atoms with van der Waals surface area (Å²) in [5.74, 6) is 1.15. The number of rotatable bonds is 5. The molecule has 0 aromatic heterocycles. The first-order valence-corrected chi connectivity index (χ1v) is 6.41. The molecule has 1 rings (SSSR count). The minimum absolute atomic E-state index is 0.0660. The van der Waals surface area contributed by atoms with Crippen molar-refractivity contribution in [1.29, 1.82) is 0 Å². The molecule has 18 heavy (non-hydrogen) atoms. The second kappa shape index (κ2) is 6.43. The molecular formula is C15H23NO2. The lowest BCUT2D eigenvalue weighted by Crippen LogP contribution is -2.38. The summed E-state index contributed by atoms with van der Waals surface area (Å²) in [6.45, 7) is 10.6. The van der Waals surface area contributed by atoms with E-state index in [2.05, 4.69) is 19.2 Å². The van der Waals surface area contributed by atoms with Gasteiger partial charge in [-0.2, -0.15) is 0 Å². The molecule has 1 N–H and O–H groups in total. The maximum atomic E-state index is 11.8. The molecule has 0 heterocycles. The number of benzene rings is 1. The molecular weight excluding hydrogens is 226 g/mol. The highest BCUT2D eigenvalue weighted by Gasteiger charge is 2.15. The van der Waals surface area contributed by atoms with Gasteiger partial charge in [0, 0.05) is 6.54 Å². The second-order valence-electron chi connectivity index (χ2n) is 5.17. The van der Waals surface area contributed by atoms with Crippen molar-refractivity contribution in [3.05, 3.63) is 29.3 Å². The summed E-state index contributed by atoms with van der Waals surface area (Å²) in [5.41, 5.74) is 2.25. The van der Waals surface area contributed by atoms with Gasteiger partial charge in [-0.3, -0.25) is 4.79 Å². The number of amides is 1. The first kappa shape index (κ1) is 14.6. The molecule has 3 nitrogen and oxygen atoms in total. The molecule has 0 saturated carbocycles. The van der Waals surface area contributed by atoms with Crippen LogP contribution in [-0.4, -0.2) is 18.6 Å². The van der Waals surface area contributed by atoms with Crippen molar-refractivity contribution in [2.45, 2.75) is 40.7 Å². The summed E-state index contributed by atoms with van der Waals surface area (Å²) < 4.78 is 5.68. The highest BCUT2D eigenvalue weighted by molar-refractivity contribution is 5.80. The average Bonchev–Trinajstić information content (AvgIpc) is 2.29. The van der Waals surface area contributed by atoms with E-state index in [1.165, 1.54) is 5.56 Å². The van der Waals surface area contributed by atoms with Crippen molar-refractivity contribution in [3.63, 3.8) is 0 Å². The molecule has 0 fully saturated rings. The van der Waals surface area contributed by atoms with Crippen LogP contribution in [0.15, 0.2) is 18.2 Å². The van der Waals surface area contributed by atoms with Gasteiger partial charge in [0.25, 0.3) is 5.91 Å². The number of hydrogen-bond donors (Lipinski definition) is 1. The van der Waals surface area contributed by atoms with Crippen molar-refractivity contribution >= 4 is 5.91 Å². The van der Waals surface area contributed by atoms with E-state index in [9.17, 15) is 4.79 Å². The van der Waals surface area contributed by atoms with Gasteiger partial charge in [0.15, 0.2) is 6.10 Å².